The quantitative estimate of drug-likeness (QED) is 0.884. The van der Waals surface area contributed by atoms with Crippen LogP contribution in [-0.2, 0) is 6.42 Å². The molecule has 2 rings (SSSR count). The predicted octanol–water partition coefficient (Wildman–Crippen LogP) is 3.47. The van der Waals surface area contributed by atoms with E-state index in [4.69, 9.17) is 0 Å². The zero-order chi connectivity index (χ0) is 14.6. The summed E-state index contributed by atoms with van der Waals surface area (Å²) in [5.41, 5.74) is 1.79. The molecule has 1 N–H and O–H groups in total. The summed E-state index contributed by atoms with van der Waals surface area (Å²) in [7, 11) is 0. The van der Waals surface area contributed by atoms with Crippen LogP contribution in [0.5, 0.6) is 0 Å². The number of nitrogens with zero attached hydrogens (tertiary/aromatic N) is 1. The molecule has 2 nitrogen and oxygen atoms in total. The maximum atomic E-state index is 3.80. The van der Waals surface area contributed by atoms with Crippen molar-refractivity contribution in [2.75, 3.05) is 13.1 Å². The van der Waals surface area contributed by atoms with Gasteiger partial charge in [-0.25, -0.2) is 0 Å². The Kier molecular flexibility index (Phi) is 5.22. The number of piperazine rings is 1. The largest absolute Gasteiger partial charge is 0.311 e. The van der Waals surface area contributed by atoms with Crippen LogP contribution < -0.4 is 5.32 Å². The molecule has 1 heterocycles. The SMILES string of the molecule is CCC1(CC)CNC(Cc2ccccc2)CN1C(C)C. The third-order valence-corrected chi connectivity index (χ3v) is 5.01. The van der Waals surface area contributed by atoms with Crippen molar-refractivity contribution >= 4 is 0 Å². The molecule has 1 unspecified atom stereocenters. The van der Waals surface area contributed by atoms with Gasteiger partial charge < -0.3 is 5.32 Å². The van der Waals surface area contributed by atoms with Crippen LogP contribution in [0.1, 0.15) is 46.1 Å². The van der Waals surface area contributed by atoms with Gasteiger partial charge in [0.05, 0.1) is 0 Å². The van der Waals surface area contributed by atoms with Crippen LogP contribution in [-0.4, -0.2) is 35.6 Å². The van der Waals surface area contributed by atoms with E-state index < -0.39 is 0 Å². The normalized spacial score (nSPS) is 23.1. The molecule has 0 aliphatic carbocycles. The molecule has 0 spiro atoms. The number of nitrogens with one attached hydrogen (secondary N) is 1. The monoisotopic (exact) mass is 274 g/mol. The van der Waals surface area contributed by atoms with Crippen LogP contribution in [0.15, 0.2) is 30.3 Å². The highest BCUT2D eigenvalue weighted by Gasteiger charge is 2.39. The molecular weight excluding hydrogens is 244 g/mol. The van der Waals surface area contributed by atoms with Gasteiger partial charge in [-0.2, -0.15) is 0 Å². The fraction of sp³-hybridized carbons (Fsp3) is 0.667. The molecule has 20 heavy (non-hydrogen) atoms. The molecule has 1 saturated heterocycles. The molecule has 0 radical (unpaired) electrons. The first-order valence-corrected chi connectivity index (χ1v) is 8.15. The van der Waals surface area contributed by atoms with Gasteiger partial charge in [0, 0.05) is 30.7 Å². The summed E-state index contributed by atoms with van der Waals surface area (Å²) in [4.78, 5) is 2.73. The fourth-order valence-corrected chi connectivity index (χ4v) is 3.63. The second-order valence-electron chi connectivity index (χ2n) is 6.45. The van der Waals surface area contributed by atoms with Gasteiger partial charge in [-0.3, -0.25) is 4.90 Å². The minimum Gasteiger partial charge on any atom is -0.311 e. The minimum atomic E-state index is 0.349. The zero-order valence-corrected chi connectivity index (χ0v) is 13.5. The molecule has 1 aliphatic heterocycles. The summed E-state index contributed by atoms with van der Waals surface area (Å²) in [6.07, 6.45) is 3.59. The Morgan fingerprint density at radius 2 is 1.85 bits per heavy atom. The third kappa shape index (κ3) is 3.24. The lowest BCUT2D eigenvalue weighted by Gasteiger charge is -2.52. The van der Waals surface area contributed by atoms with E-state index in [1.807, 2.05) is 0 Å². The molecule has 1 aromatic carbocycles. The molecule has 112 valence electrons. The summed E-state index contributed by atoms with van der Waals surface area (Å²) < 4.78 is 0. The molecule has 0 saturated carbocycles. The van der Waals surface area contributed by atoms with E-state index in [1.165, 1.54) is 18.4 Å². The van der Waals surface area contributed by atoms with E-state index in [9.17, 15) is 0 Å². The molecule has 0 bridgehead atoms. The van der Waals surface area contributed by atoms with Crippen LogP contribution in [0.4, 0.5) is 0 Å². The average Bonchev–Trinajstić information content (AvgIpc) is 2.48. The predicted molar refractivity (Wildman–Crippen MR) is 87.1 cm³/mol. The molecular formula is C18H30N2. The first kappa shape index (κ1) is 15.5. The summed E-state index contributed by atoms with van der Waals surface area (Å²) >= 11 is 0. The number of hydrogen-bond donors (Lipinski definition) is 1. The first-order chi connectivity index (χ1) is 9.61. The minimum absolute atomic E-state index is 0.349. The Morgan fingerprint density at radius 1 is 1.20 bits per heavy atom. The van der Waals surface area contributed by atoms with Crippen molar-refractivity contribution in [2.45, 2.75) is 64.6 Å². The van der Waals surface area contributed by atoms with Crippen LogP contribution in [0.2, 0.25) is 0 Å². The van der Waals surface area contributed by atoms with E-state index in [1.54, 1.807) is 0 Å². The Balaban J connectivity index is 2.07. The maximum absolute atomic E-state index is 3.80. The molecule has 1 fully saturated rings. The summed E-state index contributed by atoms with van der Waals surface area (Å²) in [6.45, 7) is 11.6. The van der Waals surface area contributed by atoms with Gasteiger partial charge in [-0.05, 0) is 38.7 Å². The van der Waals surface area contributed by atoms with E-state index in [2.05, 4.69) is 68.2 Å². The number of hydrogen-bond acceptors (Lipinski definition) is 2. The van der Waals surface area contributed by atoms with Crippen molar-refractivity contribution < 1.29 is 0 Å². The zero-order valence-electron chi connectivity index (χ0n) is 13.5. The van der Waals surface area contributed by atoms with Crippen LogP contribution in [0.3, 0.4) is 0 Å². The molecule has 1 aliphatic rings. The smallest absolute Gasteiger partial charge is 0.0332 e. The average molecular weight is 274 g/mol. The van der Waals surface area contributed by atoms with E-state index in [0.717, 1.165) is 19.5 Å². The number of rotatable bonds is 5. The lowest BCUT2D eigenvalue weighted by Crippen LogP contribution is -2.66. The highest BCUT2D eigenvalue weighted by atomic mass is 15.3. The summed E-state index contributed by atoms with van der Waals surface area (Å²) in [5, 5.41) is 3.80. The highest BCUT2D eigenvalue weighted by molar-refractivity contribution is 5.16. The Bertz CT molecular complexity index is 395. The van der Waals surface area contributed by atoms with E-state index in [-0.39, 0.29) is 0 Å². The molecule has 2 heteroatoms. The highest BCUT2D eigenvalue weighted by Crippen LogP contribution is 2.29. The lowest BCUT2D eigenvalue weighted by molar-refractivity contribution is 0.00641. The lowest BCUT2D eigenvalue weighted by atomic mass is 9.85. The molecule has 1 aromatic rings. The van der Waals surface area contributed by atoms with Gasteiger partial charge >= 0.3 is 0 Å². The fourth-order valence-electron chi connectivity index (χ4n) is 3.63. The Hall–Kier alpha value is -0.860. The third-order valence-electron chi connectivity index (χ3n) is 5.01. The first-order valence-electron chi connectivity index (χ1n) is 8.15. The van der Waals surface area contributed by atoms with E-state index >= 15 is 0 Å². The van der Waals surface area contributed by atoms with Crippen molar-refractivity contribution in [3.05, 3.63) is 35.9 Å². The van der Waals surface area contributed by atoms with Crippen LogP contribution in [0, 0.1) is 0 Å². The van der Waals surface area contributed by atoms with Crippen molar-refractivity contribution in [1.29, 1.82) is 0 Å². The van der Waals surface area contributed by atoms with Gasteiger partial charge in [0.2, 0.25) is 0 Å². The van der Waals surface area contributed by atoms with Crippen molar-refractivity contribution in [1.82, 2.24) is 10.2 Å². The standard InChI is InChI=1S/C18H30N2/c1-5-18(6-2)14-19-17(13-20(18)15(3)4)12-16-10-8-7-9-11-16/h7-11,15,17,19H,5-6,12-14H2,1-4H3. The Morgan fingerprint density at radius 3 is 2.40 bits per heavy atom. The second-order valence-corrected chi connectivity index (χ2v) is 6.45. The molecule has 0 aromatic heterocycles. The molecule has 1 atom stereocenters. The Labute approximate surface area is 124 Å². The molecule has 0 amide bonds. The van der Waals surface area contributed by atoms with Crippen molar-refractivity contribution in [3.8, 4) is 0 Å². The second kappa shape index (κ2) is 6.73. The summed E-state index contributed by atoms with van der Waals surface area (Å²) in [5.74, 6) is 0. The van der Waals surface area contributed by atoms with Crippen LogP contribution in [0.25, 0.3) is 0 Å². The van der Waals surface area contributed by atoms with Gasteiger partial charge in [-0.1, -0.05) is 44.2 Å². The van der Waals surface area contributed by atoms with Crippen molar-refractivity contribution in [3.63, 3.8) is 0 Å². The summed E-state index contributed by atoms with van der Waals surface area (Å²) in [6, 6.07) is 12.0. The van der Waals surface area contributed by atoms with Gasteiger partial charge in [0.1, 0.15) is 0 Å². The van der Waals surface area contributed by atoms with Gasteiger partial charge in [-0.15, -0.1) is 0 Å². The van der Waals surface area contributed by atoms with Gasteiger partial charge in [0.15, 0.2) is 0 Å². The van der Waals surface area contributed by atoms with Crippen molar-refractivity contribution in [2.24, 2.45) is 0 Å². The number of benzene rings is 1. The van der Waals surface area contributed by atoms with E-state index in [0.29, 0.717) is 17.6 Å². The topological polar surface area (TPSA) is 15.3 Å². The van der Waals surface area contributed by atoms with Gasteiger partial charge in [0.25, 0.3) is 0 Å². The van der Waals surface area contributed by atoms with Crippen LogP contribution >= 0.6 is 0 Å². The maximum Gasteiger partial charge on any atom is 0.0332 e.